The first-order valence-electron chi connectivity index (χ1n) is 6.85. The monoisotopic (exact) mass is 290 g/mol. The molecular weight excluding hydrogens is 272 g/mol. The fourth-order valence-electron chi connectivity index (χ4n) is 2.11. The van der Waals surface area contributed by atoms with E-state index in [0.29, 0.717) is 31.8 Å². The molecule has 0 saturated carbocycles. The second-order valence-corrected chi connectivity index (χ2v) is 4.81. The number of ketones is 1. The minimum absolute atomic E-state index is 0.00735. The van der Waals surface area contributed by atoms with Gasteiger partial charge in [0.15, 0.2) is 0 Å². The maximum atomic E-state index is 12.0. The van der Waals surface area contributed by atoms with Crippen LogP contribution in [0.1, 0.15) is 19.3 Å². The molecule has 1 aliphatic rings. The van der Waals surface area contributed by atoms with Gasteiger partial charge in [0.1, 0.15) is 17.4 Å². The molecule has 2 N–H and O–H groups in total. The smallest absolute Gasteiger partial charge is 0.409 e. The van der Waals surface area contributed by atoms with Gasteiger partial charge in [0.05, 0.1) is 6.42 Å². The van der Waals surface area contributed by atoms with Gasteiger partial charge in [-0.2, -0.15) is 4.99 Å². The summed E-state index contributed by atoms with van der Waals surface area (Å²) < 4.78 is 10.2. The van der Waals surface area contributed by atoms with Gasteiger partial charge in [0.2, 0.25) is 0 Å². The molecule has 1 saturated heterocycles. The summed E-state index contributed by atoms with van der Waals surface area (Å²) >= 11 is 0. The Labute approximate surface area is 122 Å². The number of ether oxygens (including phenoxy) is 2. The van der Waals surface area contributed by atoms with E-state index in [9.17, 15) is 9.59 Å². The first-order valence-corrected chi connectivity index (χ1v) is 6.85. The van der Waals surface area contributed by atoms with Crippen molar-refractivity contribution in [3.63, 3.8) is 0 Å². The number of rotatable bonds is 4. The van der Waals surface area contributed by atoms with Gasteiger partial charge >= 0.3 is 6.09 Å². The highest BCUT2D eigenvalue weighted by Gasteiger charge is 2.22. The molecule has 0 unspecified atom stereocenters. The van der Waals surface area contributed by atoms with E-state index in [2.05, 4.69) is 4.99 Å². The Morgan fingerprint density at radius 2 is 1.90 bits per heavy atom. The van der Waals surface area contributed by atoms with E-state index in [0.717, 1.165) is 0 Å². The van der Waals surface area contributed by atoms with Crippen LogP contribution in [0.4, 0.5) is 4.79 Å². The number of hydrogen-bond donors (Lipinski definition) is 1. The predicted octanol–water partition coefficient (Wildman–Crippen LogP) is 1.93. The molecule has 6 heteroatoms. The van der Waals surface area contributed by atoms with E-state index in [4.69, 9.17) is 15.2 Å². The summed E-state index contributed by atoms with van der Waals surface area (Å²) in [4.78, 5) is 27.1. The van der Waals surface area contributed by atoms with Crippen LogP contribution in [0.15, 0.2) is 35.3 Å². The second kappa shape index (κ2) is 7.54. The fourth-order valence-corrected chi connectivity index (χ4v) is 2.11. The molecule has 21 heavy (non-hydrogen) atoms. The molecule has 2 rings (SSSR count). The van der Waals surface area contributed by atoms with Gasteiger partial charge in [0.25, 0.3) is 0 Å². The number of nitrogens with zero attached hydrogens (tertiary/aromatic N) is 1. The molecule has 1 heterocycles. The Balaban J connectivity index is 1.85. The second-order valence-electron chi connectivity index (χ2n) is 4.81. The highest BCUT2D eigenvalue weighted by atomic mass is 16.5. The quantitative estimate of drug-likeness (QED) is 0.675. The lowest BCUT2D eigenvalue weighted by atomic mass is 9.93. The third-order valence-electron chi connectivity index (χ3n) is 3.22. The van der Waals surface area contributed by atoms with Crippen LogP contribution in [0.25, 0.3) is 0 Å². The Morgan fingerprint density at radius 3 is 2.57 bits per heavy atom. The number of amides is 1. The Bertz CT molecular complexity index is 522. The van der Waals surface area contributed by atoms with Crippen molar-refractivity contribution in [3.8, 4) is 5.75 Å². The van der Waals surface area contributed by atoms with Crippen molar-refractivity contribution in [1.29, 1.82) is 0 Å². The number of amidine groups is 1. The summed E-state index contributed by atoms with van der Waals surface area (Å²) in [5.41, 5.74) is 5.63. The van der Waals surface area contributed by atoms with Gasteiger partial charge in [0, 0.05) is 19.1 Å². The van der Waals surface area contributed by atoms with Crippen molar-refractivity contribution in [2.24, 2.45) is 16.6 Å². The van der Waals surface area contributed by atoms with Crippen LogP contribution < -0.4 is 10.5 Å². The lowest BCUT2D eigenvalue weighted by Crippen LogP contribution is -2.28. The van der Waals surface area contributed by atoms with Crippen LogP contribution in [-0.2, 0) is 9.53 Å². The molecule has 0 spiro atoms. The van der Waals surface area contributed by atoms with Crippen molar-refractivity contribution in [1.82, 2.24) is 0 Å². The van der Waals surface area contributed by atoms with Crippen molar-refractivity contribution in [2.45, 2.75) is 19.3 Å². The maximum Gasteiger partial charge on any atom is 0.440 e. The molecule has 6 nitrogen and oxygen atoms in total. The van der Waals surface area contributed by atoms with Gasteiger partial charge in [-0.25, -0.2) is 4.79 Å². The molecule has 0 bridgehead atoms. The lowest BCUT2D eigenvalue weighted by Gasteiger charge is -2.20. The lowest BCUT2D eigenvalue weighted by molar-refractivity contribution is -0.124. The van der Waals surface area contributed by atoms with Crippen LogP contribution in [-0.4, -0.2) is 30.9 Å². The summed E-state index contributed by atoms with van der Waals surface area (Å²) in [6.07, 6.45) is 0.536. The average Bonchev–Trinajstić information content (AvgIpc) is 2.48. The molecule has 0 aliphatic carbocycles. The van der Waals surface area contributed by atoms with E-state index in [1.165, 1.54) is 0 Å². The molecular formula is C15H18N2O4. The van der Waals surface area contributed by atoms with Crippen molar-refractivity contribution in [2.75, 3.05) is 13.2 Å². The number of Topliss-reactive ketones (excluding diaryl/α,β-unsaturated/α-hetero) is 1. The standard InChI is InChI=1S/C15H18N2O4/c16-14(10-13(18)11-6-8-20-9-7-11)17-15(19)21-12-4-2-1-3-5-12/h1-5,11H,6-10H2,(H2,16,17,19). The molecule has 1 amide bonds. The van der Waals surface area contributed by atoms with Gasteiger partial charge < -0.3 is 15.2 Å². The van der Waals surface area contributed by atoms with E-state index in [-0.39, 0.29) is 24.0 Å². The maximum absolute atomic E-state index is 12.0. The van der Waals surface area contributed by atoms with Crippen molar-refractivity contribution >= 4 is 17.7 Å². The van der Waals surface area contributed by atoms with Crippen LogP contribution in [0.5, 0.6) is 5.75 Å². The minimum Gasteiger partial charge on any atom is -0.409 e. The summed E-state index contributed by atoms with van der Waals surface area (Å²) in [5.74, 6) is 0.298. The van der Waals surface area contributed by atoms with Gasteiger partial charge in [-0.1, -0.05) is 18.2 Å². The number of hydrogen-bond acceptors (Lipinski definition) is 4. The minimum atomic E-state index is -0.821. The van der Waals surface area contributed by atoms with Crippen LogP contribution in [0.2, 0.25) is 0 Å². The number of carbonyl (C=O) groups is 2. The van der Waals surface area contributed by atoms with E-state index >= 15 is 0 Å². The van der Waals surface area contributed by atoms with Crippen LogP contribution in [0, 0.1) is 5.92 Å². The van der Waals surface area contributed by atoms with E-state index in [1.54, 1.807) is 24.3 Å². The summed E-state index contributed by atoms with van der Waals surface area (Å²) in [7, 11) is 0. The summed E-state index contributed by atoms with van der Waals surface area (Å²) in [5, 5.41) is 0. The van der Waals surface area contributed by atoms with E-state index in [1.807, 2.05) is 6.07 Å². The average molecular weight is 290 g/mol. The zero-order valence-electron chi connectivity index (χ0n) is 11.7. The van der Waals surface area contributed by atoms with Gasteiger partial charge in [-0.15, -0.1) is 0 Å². The molecule has 1 aromatic carbocycles. The van der Waals surface area contributed by atoms with Crippen LogP contribution >= 0.6 is 0 Å². The number of aliphatic imine (C=N–C) groups is 1. The Morgan fingerprint density at radius 1 is 1.24 bits per heavy atom. The summed E-state index contributed by atoms with van der Waals surface area (Å²) in [6, 6.07) is 8.56. The molecule has 0 atom stereocenters. The Kier molecular flexibility index (Phi) is 5.45. The molecule has 1 aliphatic heterocycles. The van der Waals surface area contributed by atoms with Crippen LogP contribution in [0.3, 0.4) is 0 Å². The van der Waals surface area contributed by atoms with Gasteiger partial charge in [-0.3, -0.25) is 4.79 Å². The fraction of sp³-hybridized carbons (Fsp3) is 0.400. The molecule has 1 aromatic rings. The third kappa shape index (κ3) is 5.00. The van der Waals surface area contributed by atoms with Crippen molar-refractivity contribution in [3.05, 3.63) is 30.3 Å². The summed E-state index contributed by atoms with van der Waals surface area (Å²) in [6.45, 7) is 1.17. The number of carbonyl (C=O) groups excluding carboxylic acids is 2. The Hall–Kier alpha value is -2.21. The van der Waals surface area contributed by atoms with E-state index < -0.39 is 6.09 Å². The third-order valence-corrected chi connectivity index (χ3v) is 3.22. The van der Waals surface area contributed by atoms with Crippen molar-refractivity contribution < 1.29 is 19.1 Å². The number of benzene rings is 1. The highest BCUT2D eigenvalue weighted by molar-refractivity contribution is 6.04. The molecule has 0 aromatic heterocycles. The number of para-hydroxylation sites is 1. The molecule has 112 valence electrons. The normalized spacial score (nSPS) is 16.5. The SMILES string of the molecule is NC(CC(=O)C1CCOCC1)=NC(=O)Oc1ccccc1. The largest absolute Gasteiger partial charge is 0.440 e. The first kappa shape index (κ1) is 15.2. The van der Waals surface area contributed by atoms with Gasteiger partial charge in [-0.05, 0) is 25.0 Å². The predicted molar refractivity (Wildman–Crippen MR) is 77.3 cm³/mol. The zero-order chi connectivity index (χ0) is 15.1. The zero-order valence-corrected chi connectivity index (χ0v) is 11.7. The molecule has 0 radical (unpaired) electrons. The number of nitrogens with two attached hydrogens (primary N) is 1. The molecule has 1 fully saturated rings. The topological polar surface area (TPSA) is 91.0 Å². The highest BCUT2D eigenvalue weighted by Crippen LogP contribution is 2.17. The first-order chi connectivity index (χ1) is 10.1.